The van der Waals surface area contributed by atoms with Crippen molar-refractivity contribution in [2.45, 2.75) is 43.5 Å². The lowest BCUT2D eigenvalue weighted by atomic mass is 10.1. The van der Waals surface area contributed by atoms with Gasteiger partial charge in [0.1, 0.15) is 10.3 Å². The van der Waals surface area contributed by atoms with Gasteiger partial charge in [0.2, 0.25) is 0 Å². The molecule has 1 fully saturated rings. The van der Waals surface area contributed by atoms with E-state index < -0.39 is 27.6 Å². The molecule has 1 aromatic heterocycles. The number of morpholine rings is 1. The Kier molecular flexibility index (Phi) is 4.18. The van der Waals surface area contributed by atoms with Crippen LogP contribution in [0.15, 0.2) is 10.3 Å². The van der Waals surface area contributed by atoms with E-state index in [1.54, 1.807) is 26.8 Å². The van der Waals surface area contributed by atoms with E-state index in [9.17, 15) is 18.3 Å². The number of aryl methyl sites for hydroxylation is 2. The predicted molar refractivity (Wildman–Crippen MR) is 79.1 cm³/mol. The standard InChI is InChI=1S/C13H19NO5S2/c1-8-5-9(2)20-12(8)21(17,18)14-7-13(3,4)19-6-10(14)11(15)16/h5,10H,6-7H2,1-4H3,(H,15,16). The van der Waals surface area contributed by atoms with Crippen molar-refractivity contribution < 1.29 is 23.1 Å². The second-order valence-electron chi connectivity index (χ2n) is 5.80. The van der Waals surface area contributed by atoms with Gasteiger partial charge in [-0.2, -0.15) is 4.31 Å². The number of aliphatic carboxylic acids is 1. The van der Waals surface area contributed by atoms with Crippen LogP contribution in [0.4, 0.5) is 0 Å². The average Bonchev–Trinajstić information content (AvgIpc) is 2.67. The second kappa shape index (κ2) is 5.35. The Morgan fingerprint density at radius 1 is 1.48 bits per heavy atom. The summed E-state index contributed by atoms with van der Waals surface area (Å²) in [6.45, 7) is 6.92. The maximum atomic E-state index is 12.8. The normalized spacial score (nSPS) is 23.1. The van der Waals surface area contributed by atoms with Gasteiger partial charge in [-0.25, -0.2) is 8.42 Å². The summed E-state index contributed by atoms with van der Waals surface area (Å²) in [5, 5.41) is 9.28. The Hall–Kier alpha value is -0.960. The number of rotatable bonds is 3. The smallest absolute Gasteiger partial charge is 0.324 e. The van der Waals surface area contributed by atoms with Crippen LogP contribution in [0.3, 0.4) is 0 Å². The molecule has 1 unspecified atom stereocenters. The molecule has 21 heavy (non-hydrogen) atoms. The van der Waals surface area contributed by atoms with Crippen molar-refractivity contribution in [2.75, 3.05) is 13.2 Å². The summed E-state index contributed by atoms with van der Waals surface area (Å²) in [5.41, 5.74) is -0.0647. The Balaban J connectivity index is 2.48. The number of ether oxygens (including phenoxy) is 1. The Morgan fingerprint density at radius 2 is 2.10 bits per heavy atom. The van der Waals surface area contributed by atoms with Gasteiger partial charge in [0.15, 0.2) is 0 Å². The summed E-state index contributed by atoms with van der Waals surface area (Å²) in [6, 6.07) is 0.601. The van der Waals surface area contributed by atoms with Crippen LogP contribution in [-0.2, 0) is 19.6 Å². The highest BCUT2D eigenvalue weighted by atomic mass is 32.2. The molecule has 6 nitrogen and oxygen atoms in total. The van der Waals surface area contributed by atoms with Crippen LogP contribution in [0.5, 0.6) is 0 Å². The zero-order valence-corrected chi connectivity index (χ0v) is 14.0. The topological polar surface area (TPSA) is 83.9 Å². The minimum atomic E-state index is -3.85. The van der Waals surface area contributed by atoms with Gasteiger partial charge in [0, 0.05) is 11.4 Å². The number of carbonyl (C=O) groups is 1. The van der Waals surface area contributed by atoms with Gasteiger partial charge in [-0.15, -0.1) is 11.3 Å². The fourth-order valence-electron chi connectivity index (χ4n) is 2.35. The molecule has 0 saturated carbocycles. The van der Waals surface area contributed by atoms with Crippen LogP contribution in [0.2, 0.25) is 0 Å². The monoisotopic (exact) mass is 333 g/mol. The van der Waals surface area contributed by atoms with Crippen LogP contribution >= 0.6 is 11.3 Å². The first-order chi connectivity index (χ1) is 9.54. The summed E-state index contributed by atoms with van der Waals surface area (Å²) < 4.78 is 32.4. The summed E-state index contributed by atoms with van der Waals surface area (Å²) in [7, 11) is -3.85. The lowest BCUT2D eigenvalue weighted by Crippen LogP contribution is -2.58. The number of hydrogen-bond acceptors (Lipinski definition) is 5. The van der Waals surface area contributed by atoms with E-state index in [4.69, 9.17) is 4.74 Å². The molecule has 2 rings (SSSR count). The van der Waals surface area contributed by atoms with Gasteiger partial charge >= 0.3 is 5.97 Å². The second-order valence-corrected chi connectivity index (χ2v) is 9.14. The molecule has 1 saturated heterocycles. The fraction of sp³-hybridized carbons (Fsp3) is 0.615. The van der Waals surface area contributed by atoms with Gasteiger partial charge < -0.3 is 9.84 Å². The van der Waals surface area contributed by atoms with Gasteiger partial charge in [-0.1, -0.05) is 0 Å². The largest absolute Gasteiger partial charge is 0.480 e. The first-order valence-corrected chi connectivity index (χ1v) is 8.76. The number of thiophene rings is 1. The van der Waals surface area contributed by atoms with Crippen LogP contribution in [0, 0.1) is 13.8 Å². The van der Waals surface area contributed by atoms with E-state index >= 15 is 0 Å². The van der Waals surface area contributed by atoms with Crippen molar-refractivity contribution in [3.05, 3.63) is 16.5 Å². The Labute approximate surface area is 128 Å². The quantitative estimate of drug-likeness (QED) is 0.908. The molecule has 8 heteroatoms. The number of carboxylic acid groups (broad SMARTS) is 1. The molecule has 1 aromatic rings. The third-order valence-electron chi connectivity index (χ3n) is 3.34. The lowest BCUT2D eigenvalue weighted by Gasteiger charge is -2.40. The summed E-state index contributed by atoms with van der Waals surface area (Å²) in [6.07, 6.45) is 0. The van der Waals surface area contributed by atoms with Crippen LogP contribution in [-0.4, -0.2) is 48.6 Å². The maximum Gasteiger partial charge on any atom is 0.324 e. The van der Waals surface area contributed by atoms with Crippen LogP contribution < -0.4 is 0 Å². The molecule has 0 aliphatic carbocycles. The van der Waals surface area contributed by atoms with E-state index in [-0.39, 0.29) is 17.4 Å². The van der Waals surface area contributed by atoms with Gasteiger partial charge in [-0.05, 0) is 39.3 Å². The van der Waals surface area contributed by atoms with E-state index in [0.717, 1.165) is 9.18 Å². The molecule has 0 amide bonds. The van der Waals surface area contributed by atoms with Gasteiger partial charge in [0.05, 0.1) is 12.2 Å². The minimum Gasteiger partial charge on any atom is -0.480 e. The van der Waals surface area contributed by atoms with Crippen LogP contribution in [0.25, 0.3) is 0 Å². The Morgan fingerprint density at radius 3 is 2.57 bits per heavy atom. The highest BCUT2D eigenvalue weighted by molar-refractivity contribution is 7.91. The van der Waals surface area contributed by atoms with E-state index in [2.05, 4.69) is 0 Å². The number of carboxylic acids is 1. The molecule has 0 aromatic carbocycles. The summed E-state index contributed by atoms with van der Waals surface area (Å²) in [4.78, 5) is 12.2. The third kappa shape index (κ3) is 3.13. The Bertz CT molecular complexity index is 662. The minimum absolute atomic E-state index is 0.0166. The van der Waals surface area contributed by atoms with Crippen molar-refractivity contribution in [3.63, 3.8) is 0 Å². The van der Waals surface area contributed by atoms with E-state index in [1.807, 2.05) is 6.92 Å². The zero-order chi connectivity index (χ0) is 16.0. The van der Waals surface area contributed by atoms with Crippen molar-refractivity contribution in [1.82, 2.24) is 4.31 Å². The third-order valence-corrected chi connectivity index (χ3v) is 6.96. The zero-order valence-electron chi connectivity index (χ0n) is 12.4. The first-order valence-electron chi connectivity index (χ1n) is 6.50. The first kappa shape index (κ1) is 16.4. The van der Waals surface area contributed by atoms with Gasteiger partial charge in [0.25, 0.3) is 10.0 Å². The number of hydrogen-bond donors (Lipinski definition) is 1. The average molecular weight is 333 g/mol. The SMILES string of the molecule is Cc1cc(C)c(S(=O)(=O)N2CC(C)(C)OCC2C(=O)O)s1. The summed E-state index contributed by atoms with van der Waals surface area (Å²) in [5.74, 6) is -1.19. The molecule has 0 bridgehead atoms. The predicted octanol–water partition coefficient (Wildman–Crippen LogP) is 1.62. The molecule has 1 aliphatic heterocycles. The number of nitrogens with zero attached hydrogens (tertiary/aromatic N) is 1. The lowest BCUT2D eigenvalue weighted by molar-refractivity contribution is -0.154. The molecule has 2 heterocycles. The molecular weight excluding hydrogens is 314 g/mol. The van der Waals surface area contributed by atoms with Crippen molar-refractivity contribution >= 4 is 27.3 Å². The molecule has 0 radical (unpaired) electrons. The summed E-state index contributed by atoms with van der Waals surface area (Å²) >= 11 is 1.17. The molecule has 1 atom stereocenters. The van der Waals surface area contributed by atoms with Crippen molar-refractivity contribution in [2.24, 2.45) is 0 Å². The number of sulfonamides is 1. The molecule has 1 aliphatic rings. The van der Waals surface area contributed by atoms with E-state index in [1.165, 1.54) is 11.3 Å². The molecular formula is C13H19NO5S2. The molecule has 0 spiro atoms. The van der Waals surface area contributed by atoms with E-state index in [0.29, 0.717) is 5.56 Å². The molecule has 118 valence electrons. The highest BCUT2D eigenvalue weighted by Crippen LogP contribution is 2.33. The van der Waals surface area contributed by atoms with Gasteiger partial charge in [-0.3, -0.25) is 4.79 Å². The maximum absolute atomic E-state index is 12.8. The van der Waals surface area contributed by atoms with Crippen molar-refractivity contribution in [3.8, 4) is 0 Å². The van der Waals surface area contributed by atoms with Crippen molar-refractivity contribution in [1.29, 1.82) is 0 Å². The highest BCUT2D eigenvalue weighted by Gasteiger charge is 2.45. The fourth-order valence-corrected chi connectivity index (χ4v) is 5.84. The molecule has 1 N–H and O–H groups in total. The van der Waals surface area contributed by atoms with Crippen LogP contribution in [0.1, 0.15) is 24.3 Å².